The van der Waals surface area contributed by atoms with Crippen LogP contribution in [0.4, 0.5) is 29.6 Å². The molecule has 0 spiro atoms. The minimum absolute atomic E-state index is 0.0739. The predicted molar refractivity (Wildman–Crippen MR) is 160 cm³/mol. The molecule has 5 rings (SSSR count). The SMILES string of the molecule is C/C=C/C(=O)NCC(=O)N1CCN(Cc2cc3c(N4CCOCC4)nc(-c4cnc(NC(=O)OC)cc4C(F)(F)F)nn3c2)CC1. The van der Waals surface area contributed by atoms with Gasteiger partial charge < -0.3 is 24.6 Å². The molecule has 5 heterocycles. The predicted octanol–water partition coefficient (Wildman–Crippen LogP) is 2.16. The van der Waals surface area contributed by atoms with Gasteiger partial charge in [-0.05, 0) is 30.7 Å². The zero-order valence-electron chi connectivity index (χ0n) is 25.3. The average molecular weight is 646 g/mol. The van der Waals surface area contributed by atoms with Crippen LogP contribution < -0.4 is 15.5 Å². The lowest BCUT2D eigenvalue weighted by Gasteiger charge is -2.34. The number of amides is 3. The van der Waals surface area contributed by atoms with Crippen LogP contribution in [0.3, 0.4) is 0 Å². The zero-order chi connectivity index (χ0) is 32.8. The fraction of sp³-hybridized carbons (Fsp3) is 0.448. The fourth-order valence-electron chi connectivity index (χ4n) is 5.24. The van der Waals surface area contributed by atoms with E-state index in [0.717, 1.165) is 24.9 Å². The summed E-state index contributed by atoms with van der Waals surface area (Å²) in [5.41, 5.74) is 0.0719. The first-order chi connectivity index (χ1) is 22.0. The standard InChI is InChI=1S/C29H34F3N9O5/c1-3-4-24(42)34-16-25(43)39-7-5-38(6-8-39)17-19-13-22-27(40-9-11-46-12-10-40)36-26(37-41(22)18-19)20-15-33-23(35-28(44)45-2)14-21(20)29(30,31)32/h3-4,13-15,18H,5-12,16-17H2,1-2H3,(H,34,42)(H,33,35,44)/b4-3+. The van der Waals surface area contributed by atoms with Crippen molar-refractivity contribution in [1.29, 1.82) is 0 Å². The highest BCUT2D eigenvalue weighted by molar-refractivity contribution is 5.91. The molecule has 0 bridgehead atoms. The molecule has 46 heavy (non-hydrogen) atoms. The third kappa shape index (κ3) is 7.71. The summed E-state index contributed by atoms with van der Waals surface area (Å²) < 4.78 is 54.2. The number of carbonyl (C=O) groups excluding carboxylic acids is 3. The maximum absolute atomic E-state index is 14.2. The summed E-state index contributed by atoms with van der Waals surface area (Å²) in [5, 5.41) is 9.19. The number of fused-ring (bicyclic) bond motifs is 1. The van der Waals surface area contributed by atoms with E-state index in [1.807, 2.05) is 11.0 Å². The highest BCUT2D eigenvalue weighted by Gasteiger charge is 2.36. The number of aromatic nitrogens is 4. The van der Waals surface area contributed by atoms with Crippen molar-refractivity contribution >= 4 is 35.1 Å². The van der Waals surface area contributed by atoms with E-state index in [2.05, 4.69) is 35.3 Å². The van der Waals surface area contributed by atoms with Gasteiger partial charge in [0.25, 0.3) is 0 Å². The van der Waals surface area contributed by atoms with Crippen molar-refractivity contribution in [3.63, 3.8) is 0 Å². The van der Waals surface area contributed by atoms with Crippen molar-refractivity contribution < 1.29 is 37.0 Å². The van der Waals surface area contributed by atoms with Gasteiger partial charge in [-0.25, -0.2) is 19.3 Å². The van der Waals surface area contributed by atoms with Gasteiger partial charge in [-0.3, -0.25) is 19.8 Å². The molecule has 246 valence electrons. The molecule has 2 aliphatic rings. The van der Waals surface area contributed by atoms with E-state index in [1.165, 1.54) is 10.6 Å². The van der Waals surface area contributed by atoms with E-state index in [1.54, 1.807) is 24.1 Å². The van der Waals surface area contributed by atoms with Crippen LogP contribution in [0, 0.1) is 0 Å². The van der Waals surface area contributed by atoms with Crippen molar-refractivity contribution in [3.8, 4) is 11.4 Å². The lowest BCUT2D eigenvalue weighted by atomic mass is 10.1. The number of hydrogen-bond acceptors (Lipinski definition) is 10. The molecule has 3 aromatic heterocycles. The van der Waals surface area contributed by atoms with Crippen molar-refractivity contribution in [2.75, 3.05) is 76.4 Å². The molecule has 0 atom stereocenters. The number of pyridine rings is 1. The number of morpholine rings is 1. The Balaban J connectivity index is 1.39. The van der Waals surface area contributed by atoms with Gasteiger partial charge in [-0.15, -0.1) is 5.10 Å². The van der Waals surface area contributed by atoms with E-state index < -0.39 is 17.8 Å². The number of ether oxygens (including phenoxy) is 2. The molecule has 0 unspecified atom stereocenters. The summed E-state index contributed by atoms with van der Waals surface area (Å²) in [6.07, 6.45) is -0.0611. The number of hydrogen-bond donors (Lipinski definition) is 2. The normalized spacial score (nSPS) is 16.2. The lowest BCUT2D eigenvalue weighted by Crippen LogP contribution is -2.50. The maximum atomic E-state index is 14.2. The van der Waals surface area contributed by atoms with E-state index in [0.29, 0.717) is 70.4 Å². The lowest BCUT2D eigenvalue weighted by molar-refractivity contribution is -0.137. The molecule has 2 N–H and O–H groups in total. The molecule has 0 radical (unpaired) electrons. The molecule has 2 aliphatic heterocycles. The van der Waals surface area contributed by atoms with Gasteiger partial charge in [0, 0.05) is 58.2 Å². The van der Waals surface area contributed by atoms with Crippen molar-refractivity contribution in [2.24, 2.45) is 0 Å². The van der Waals surface area contributed by atoms with Gasteiger partial charge in [0.05, 0.1) is 38.0 Å². The zero-order valence-corrected chi connectivity index (χ0v) is 25.3. The fourth-order valence-corrected chi connectivity index (χ4v) is 5.24. The van der Waals surface area contributed by atoms with E-state index >= 15 is 0 Å². The first-order valence-electron chi connectivity index (χ1n) is 14.6. The van der Waals surface area contributed by atoms with Crippen LogP contribution in [-0.2, 0) is 31.8 Å². The summed E-state index contributed by atoms with van der Waals surface area (Å²) >= 11 is 0. The molecule has 0 aromatic carbocycles. The number of alkyl halides is 3. The first-order valence-corrected chi connectivity index (χ1v) is 14.6. The molecule has 14 nitrogen and oxygen atoms in total. The van der Waals surface area contributed by atoms with E-state index in [-0.39, 0.29) is 35.6 Å². The molecular formula is C29H34F3N9O5. The van der Waals surface area contributed by atoms with Crippen LogP contribution in [0.15, 0.2) is 36.7 Å². The Bertz CT molecular complexity index is 1610. The van der Waals surface area contributed by atoms with Gasteiger partial charge in [0.15, 0.2) is 11.6 Å². The van der Waals surface area contributed by atoms with Crippen LogP contribution in [0.5, 0.6) is 0 Å². The Hall–Kier alpha value is -4.77. The minimum atomic E-state index is -4.80. The molecule has 3 amide bonds. The van der Waals surface area contributed by atoms with Gasteiger partial charge in [0.1, 0.15) is 11.3 Å². The summed E-state index contributed by atoms with van der Waals surface area (Å²) in [7, 11) is 1.09. The number of carbonyl (C=O) groups is 3. The van der Waals surface area contributed by atoms with Crippen LogP contribution in [-0.4, -0.2) is 113 Å². The smallest absolute Gasteiger partial charge is 0.417 e. The maximum Gasteiger partial charge on any atom is 0.417 e. The topological polar surface area (TPSA) is 147 Å². The third-order valence-electron chi connectivity index (χ3n) is 7.54. The summed E-state index contributed by atoms with van der Waals surface area (Å²) in [6, 6.07) is 2.63. The Labute approximate surface area is 262 Å². The largest absolute Gasteiger partial charge is 0.453 e. The van der Waals surface area contributed by atoms with Gasteiger partial charge in [0.2, 0.25) is 11.8 Å². The number of rotatable bonds is 8. The van der Waals surface area contributed by atoms with Crippen molar-refractivity contribution in [2.45, 2.75) is 19.6 Å². The second-order valence-corrected chi connectivity index (χ2v) is 10.6. The number of anilines is 2. The Kier molecular flexibility index (Phi) is 10.0. The second-order valence-electron chi connectivity index (χ2n) is 10.6. The first kappa shape index (κ1) is 32.6. The van der Waals surface area contributed by atoms with Gasteiger partial charge in [-0.2, -0.15) is 13.2 Å². The number of piperazine rings is 1. The Morgan fingerprint density at radius 2 is 1.83 bits per heavy atom. The van der Waals surface area contributed by atoms with Crippen LogP contribution in [0.2, 0.25) is 0 Å². The molecule has 0 aliphatic carbocycles. The highest BCUT2D eigenvalue weighted by atomic mass is 19.4. The summed E-state index contributed by atoms with van der Waals surface area (Å²) in [4.78, 5) is 50.1. The third-order valence-corrected chi connectivity index (χ3v) is 7.54. The van der Waals surface area contributed by atoms with E-state index in [9.17, 15) is 27.6 Å². The number of allylic oxidation sites excluding steroid dienone is 1. The summed E-state index contributed by atoms with van der Waals surface area (Å²) in [5.74, 6) is -0.543. The second kappa shape index (κ2) is 14.1. The average Bonchev–Trinajstić information content (AvgIpc) is 3.46. The number of methoxy groups -OCH3 is 1. The molecule has 3 aromatic rings. The Morgan fingerprint density at radius 3 is 2.50 bits per heavy atom. The molecule has 2 fully saturated rings. The minimum Gasteiger partial charge on any atom is -0.453 e. The van der Waals surface area contributed by atoms with Gasteiger partial charge >= 0.3 is 12.3 Å². The van der Waals surface area contributed by atoms with Crippen LogP contribution >= 0.6 is 0 Å². The molecule has 2 saturated heterocycles. The number of halogens is 3. The van der Waals surface area contributed by atoms with Gasteiger partial charge in [-0.1, -0.05) is 6.08 Å². The van der Waals surface area contributed by atoms with E-state index in [4.69, 9.17) is 4.74 Å². The van der Waals surface area contributed by atoms with Crippen LogP contribution in [0.1, 0.15) is 18.1 Å². The van der Waals surface area contributed by atoms with Crippen molar-refractivity contribution in [3.05, 3.63) is 47.8 Å². The number of nitrogens with one attached hydrogen (secondary N) is 2. The van der Waals surface area contributed by atoms with Crippen molar-refractivity contribution in [1.82, 2.24) is 34.7 Å². The quantitative estimate of drug-likeness (QED) is 0.350. The molecule has 0 saturated carbocycles. The molecular weight excluding hydrogens is 611 g/mol. The molecule has 17 heteroatoms. The number of nitrogens with zero attached hydrogens (tertiary/aromatic N) is 7. The highest BCUT2D eigenvalue weighted by Crippen LogP contribution is 2.38. The van der Waals surface area contributed by atoms with Crippen LogP contribution in [0.25, 0.3) is 16.9 Å². The summed E-state index contributed by atoms with van der Waals surface area (Å²) in [6.45, 7) is 6.19. The monoisotopic (exact) mass is 645 g/mol. The Morgan fingerprint density at radius 1 is 1.09 bits per heavy atom.